The van der Waals surface area contributed by atoms with Gasteiger partial charge in [-0.3, -0.25) is 4.79 Å². The molecule has 0 aromatic heterocycles. The molecule has 0 bridgehead atoms. The molecular weight excluding hydrogens is 282 g/mol. The molecule has 0 heterocycles. The molecule has 20 heavy (non-hydrogen) atoms. The summed E-state index contributed by atoms with van der Waals surface area (Å²) in [4.78, 5) is 11.9. The molecule has 0 unspecified atom stereocenters. The van der Waals surface area contributed by atoms with Crippen LogP contribution in [0.3, 0.4) is 0 Å². The number of hydrogen-bond acceptors (Lipinski definition) is 5. The van der Waals surface area contributed by atoms with Crippen LogP contribution in [0.25, 0.3) is 0 Å². The molecule has 4 N–H and O–H groups in total. The fraction of sp³-hybridized carbons (Fsp3) is 0.833. The SMILES string of the molecule is CS(=O)(=O)CC(=O)NC1(C(N)=NO)CCCCCCC1. The molecule has 1 rings (SSSR count). The first-order valence-corrected chi connectivity index (χ1v) is 8.82. The van der Waals surface area contributed by atoms with Gasteiger partial charge in [0.1, 0.15) is 11.3 Å². The lowest BCUT2D eigenvalue weighted by atomic mass is 9.83. The van der Waals surface area contributed by atoms with Crippen LogP contribution in [0, 0.1) is 0 Å². The van der Waals surface area contributed by atoms with E-state index < -0.39 is 27.0 Å². The van der Waals surface area contributed by atoms with Crippen molar-refractivity contribution in [2.24, 2.45) is 10.9 Å². The van der Waals surface area contributed by atoms with Crippen molar-refractivity contribution in [3.63, 3.8) is 0 Å². The van der Waals surface area contributed by atoms with E-state index in [2.05, 4.69) is 10.5 Å². The summed E-state index contributed by atoms with van der Waals surface area (Å²) in [7, 11) is -3.40. The smallest absolute Gasteiger partial charge is 0.235 e. The van der Waals surface area contributed by atoms with Crippen LogP contribution < -0.4 is 11.1 Å². The summed E-state index contributed by atoms with van der Waals surface area (Å²) in [6.07, 6.45) is 6.96. The molecule has 0 atom stereocenters. The number of amides is 1. The van der Waals surface area contributed by atoms with E-state index in [4.69, 9.17) is 10.9 Å². The number of carbonyl (C=O) groups is 1. The second-order valence-corrected chi connectivity index (χ2v) is 7.59. The van der Waals surface area contributed by atoms with Gasteiger partial charge in [0.05, 0.1) is 0 Å². The van der Waals surface area contributed by atoms with Crippen LogP contribution in [-0.4, -0.2) is 42.9 Å². The van der Waals surface area contributed by atoms with Crippen LogP contribution in [0.15, 0.2) is 5.16 Å². The highest BCUT2D eigenvalue weighted by molar-refractivity contribution is 7.91. The monoisotopic (exact) mass is 305 g/mol. The van der Waals surface area contributed by atoms with Gasteiger partial charge in [0.15, 0.2) is 15.7 Å². The average molecular weight is 305 g/mol. The first kappa shape index (κ1) is 16.7. The van der Waals surface area contributed by atoms with E-state index in [-0.39, 0.29) is 5.84 Å². The molecule has 0 radical (unpaired) electrons. The van der Waals surface area contributed by atoms with E-state index in [9.17, 15) is 13.2 Å². The average Bonchev–Trinajstić information content (AvgIpc) is 2.29. The standard InChI is InChI=1S/C12H23N3O4S/c1-20(18,19)9-10(16)14-12(11(13)15-17)7-5-3-2-4-6-8-12/h17H,2-9H2,1H3,(H2,13,15)(H,14,16). The van der Waals surface area contributed by atoms with E-state index in [0.29, 0.717) is 12.8 Å². The molecule has 0 saturated heterocycles. The Bertz CT molecular complexity index is 465. The number of amidine groups is 1. The Morgan fingerprint density at radius 1 is 1.25 bits per heavy atom. The van der Waals surface area contributed by atoms with E-state index >= 15 is 0 Å². The molecule has 8 heteroatoms. The largest absolute Gasteiger partial charge is 0.409 e. The van der Waals surface area contributed by atoms with Gasteiger partial charge in [0.25, 0.3) is 0 Å². The van der Waals surface area contributed by atoms with Crippen molar-refractivity contribution in [2.45, 2.75) is 50.5 Å². The molecule has 0 aromatic carbocycles. The third kappa shape index (κ3) is 4.99. The minimum atomic E-state index is -3.40. The van der Waals surface area contributed by atoms with Crippen LogP contribution in [0.5, 0.6) is 0 Å². The number of nitrogens with two attached hydrogens (primary N) is 1. The summed E-state index contributed by atoms with van der Waals surface area (Å²) in [5.74, 6) is -1.26. The predicted molar refractivity (Wildman–Crippen MR) is 76.3 cm³/mol. The Balaban J connectivity index is 2.90. The van der Waals surface area contributed by atoms with E-state index in [1.54, 1.807) is 0 Å². The molecule has 116 valence electrons. The van der Waals surface area contributed by atoms with Crippen molar-refractivity contribution in [1.82, 2.24) is 5.32 Å². The summed E-state index contributed by atoms with van der Waals surface area (Å²) in [5, 5.41) is 14.7. The van der Waals surface area contributed by atoms with Gasteiger partial charge in [-0.2, -0.15) is 0 Å². The van der Waals surface area contributed by atoms with Gasteiger partial charge >= 0.3 is 0 Å². The first-order valence-electron chi connectivity index (χ1n) is 6.76. The number of carbonyl (C=O) groups excluding carboxylic acids is 1. The van der Waals surface area contributed by atoms with E-state index in [0.717, 1.165) is 38.4 Å². The van der Waals surface area contributed by atoms with Crippen LogP contribution >= 0.6 is 0 Å². The van der Waals surface area contributed by atoms with E-state index in [1.807, 2.05) is 0 Å². The van der Waals surface area contributed by atoms with E-state index in [1.165, 1.54) is 0 Å². The number of oxime groups is 1. The van der Waals surface area contributed by atoms with Gasteiger partial charge in [-0.1, -0.05) is 37.3 Å². The van der Waals surface area contributed by atoms with Crippen molar-refractivity contribution in [3.05, 3.63) is 0 Å². The van der Waals surface area contributed by atoms with Crippen LogP contribution in [0.4, 0.5) is 0 Å². The highest BCUT2D eigenvalue weighted by atomic mass is 32.2. The summed E-state index contributed by atoms with van der Waals surface area (Å²) < 4.78 is 22.4. The van der Waals surface area contributed by atoms with Crippen molar-refractivity contribution < 1.29 is 18.4 Å². The molecule has 0 aliphatic heterocycles. The number of rotatable bonds is 4. The lowest BCUT2D eigenvalue weighted by Crippen LogP contribution is -2.58. The lowest BCUT2D eigenvalue weighted by molar-refractivity contribution is -0.120. The third-order valence-electron chi connectivity index (χ3n) is 3.58. The minimum Gasteiger partial charge on any atom is -0.409 e. The van der Waals surface area contributed by atoms with Crippen LogP contribution in [-0.2, 0) is 14.6 Å². The highest BCUT2D eigenvalue weighted by Crippen LogP contribution is 2.26. The fourth-order valence-corrected chi connectivity index (χ4v) is 3.14. The second-order valence-electron chi connectivity index (χ2n) is 5.45. The molecule has 1 saturated carbocycles. The van der Waals surface area contributed by atoms with Crippen molar-refractivity contribution in [3.8, 4) is 0 Å². The molecular formula is C12H23N3O4S. The van der Waals surface area contributed by atoms with Gasteiger partial charge in [0.2, 0.25) is 5.91 Å². The maximum absolute atomic E-state index is 11.9. The van der Waals surface area contributed by atoms with Gasteiger partial charge in [-0.15, -0.1) is 0 Å². The quantitative estimate of drug-likeness (QED) is 0.300. The number of hydrogen-bond donors (Lipinski definition) is 3. The molecule has 1 aliphatic carbocycles. The number of nitrogens with zero attached hydrogens (tertiary/aromatic N) is 1. The fourth-order valence-electron chi connectivity index (χ4n) is 2.59. The Morgan fingerprint density at radius 2 is 1.75 bits per heavy atom. The predicted octanol–water partition coefficient (Wildman–Crippen LogP) is 0.377. The van der Waals surface area contributed by atoms with Crippen molar-refractivity contribution in [1.29, 1.82) is 0 Å². The number of sulfone groups is 1. The maximum atomic E-state index is 11.9. The zero-order valence-corrected chi connectivity index (χ0v) is 12.6. The highest BCUT2D eigenvalue weighted by Gasteiger charge is 2.37. The summed E-state index contributed by atoms with van der Waals surface area (Å²) in [6, 6.07) is 0. The summed E-state index contributed by atoms with van der Waals surface area (Å²) in [6.45, 7) is 0. The Hall–Kier alpha value is -1.31. The minimum absolute atomic E-state index is 0.0544. The Kier molecular flexibility index (Phi) is 5.79. The van der Waals surface area contributed by atoms with Gasteiger partial charge < -0.3 is 16.3 Å². The molecule has 1 aliphatic rings. The van der Waals surface area contributed by atoms with Crippen molar-refractivity contribution in [2.75, 3.05) is 12.0 Å². The zero-order valence-electron chi connectivity index (χ0n) is 11.8. The summed E-state index contributed by atoms with van der Waals surface area (Å²) in [5.41, 5.74) is 4.82. The number of nitrogens with one attached hydrogen (secondary N) is 1. The molecule has 7 nitrogen and oxygen atoms in total. The molecule has 1 fully saturated rings. The molecule has 0 spiro atoms. The second kappa shape index (κ2) is 6.92. The Morgan fingerprint density at radius 3 is 2.20 bits per heavy atom. The molecule has 0 aromatic rings. The molecule has 1 amide bonds. The van der Waals surface area contributed by atoms with Gasteiger partial charge in [0, 0.05) is 6.26 Å². The van der Waals surface area contributed by atoms with Crippen molar-refractivity contribution >= 4 is 21.6 Å². The maximum Gasteiger partial charge on any atom is 0.235 e. The van der Waals surface area contributed by atoms with Crippen LogP contribution in [0.1, 0.15) is 44.9 Å². The lowest BCUT2D eigenvalue weighted by Gasteiger charge is -2.35. The topological polar surface area (TPSA) is 122 Å². The zero-order chi connectivity index (χ0) is 15.2. The van der Waals surface area contributed by atoms with Gasteiger partial charge in [-0.25, -0.2) is 8.42 Å². The van der Waals surface area contributed by atoms with Gasteiger partial charge in [-0.05, 0) is 12.8 Å². The first-order chi connectivity index (χ1) is 9.29. The Labute approximate surface area is 119 Å². The third-order valence-corrected chi connectivity index (χ3v) is 4.36. The normalized spacial score (nSPS) is 20.8. The summed E-state index contributed by atoms with van der Waals surface area (Å²) >= 11 is 0. The van der Waals surface area contributed by atoms with Crippen LogP contribution in [0.2, 0.25) is 0 Å².